The minimum atomic E-state index is -1.50. The highest BCUT2D eigenvalue weighted by atomic mass is 16.6. The third-order valence-corrected chi connectivity index (χ3v) is 12.6. The summed E-state index contributed by atoms with van der Waals surface area (Å²) in [5, 5.41) is 24.9. The summed E-state index contributed by atoms with van der Waals surface area (Å²) in [6, 6.07) is 18.1. The average Bonchev–Trinajstić information content (AvgIpc) is 3.21. The molecule has 4 aromatic rings. The summed E-state index contributed by atoms with van der Waals surface area (Å²) >= 11 is 0. The number of nitrogens with zero attached hydrogens (tertiary/aromatic N) is 2. The van der Waals surface area contributed by atoms with E-state index in [0.29, 0.717) is 34.6 Å². The number of amides is 1. The van der Waals surface area contributed by atoms with Crippen LogP contribution in [-0.2, 0) is 25.6 Å². The first-order valence-electron chi connectivity index (χ1n) is 19.0. The Morgan fingerprint density at radius 3 is 2.43 bits per heavy atom. The molecule has 2 aromatic heterocycles. The van der Waals surface area contributed by atoms with E-state index in [1.165, 1.54) is 57.7 Å². The van der Waals surface area contributed by atoms with Gasteiger partial charge in [-0.15, -0.1) is 0 Å². The molecule has 58 heavy (non-hydrogen) atoms. The fourth-order valence-corrected chi connectivity index (χ4v) is 9.80. The maximum Gasteiger partial charge on any atom is 0.345 e. The van der Waals surface area contributed by atoms with E-state index in [0.717, 1.165) is 0 Å². The molecule has 2 N–H and O–H groups in total. The molecule has 1 aliphatic heterocycles. The summed E-state index contributed by atoms with van der Waals surface area (Å²) in [6.45, 7) is 6.74. The van der Waals surface area contributed by atoms with Crippen molar-refractivity contribution in [1.82, 2.24) is 10.3 Å². The van der Waals surface area contributed by atoms with Gasteiger partial charge in [-0.1, -0.05) is 6.92 Å². The number of nitrogens with one attached hydrogen (secondary N) is 1. The molecule has 2 aromatic carbocycles. The topological polar surface area (TPSA) is 197 Å². The highest BCUT2D eigenvalue weighted by molar-refractivity contribution is 5.90. The highest BCUT2D eigenvalue weighted by Gasteiger charge is 2.72. The highest BCUT2D eigenvalue weighted by Crippen LogP contribution is 2.67. The molecule has 0 bridgehead atoms. The van der Waals surface area contributed by atoms with Crippen molar-refractivity contribution in [3.63, 3.8) is 0 Å². The number of carbonyl (C=O) groups is 3. The Balaban J connectivity index is 1.34. The average molecular weight is 792 g/mol. The molecule has 0 saturated heterocycles. The number of carbonyl (C=O) groups excluding carboxylic acids is 3. The van der Waals surface area contributed by atoms with E-state index < -0.39 is 70.1 Å². The van der Waals surface area contributed by atoms with Crippen molar-refractivity contribution in [2.24, 2.45) is 22.7 Å². The van der Waals surface area contributed by atoms with E-state index in [4.69, 9.17) is 28.1 Å². The molecule has 0 radical (unpaired) electrons. The van der Waals surface area contributed by atoms with Crippen molar-refractivity contribution in [1.29, 1.82) is 5.26 Å². The van der Waals surface area contributed by atoms with Gasteiger partial charge in [0, 0.05) is 55.0 Å². The number of nitriles is 1. The Labute approximate surface area is 335 Å². The quantitative estimate of drug-likeness (QED) is 0.196. The third kappa shape index (κ3) is 6.72. The van der Waals surface area contributed by atoms with Gasteiger partial charge in [0.1, 0.15) is 46.4 Å². The fraction of sp³-hybridized carbons (Fsp3) is 0.409. The Bertz CT molecular complexity index is 2340. The van der Waals surface area contributed by atoms with Crippen LogP contribution in [0.4, 0.5) is 0 Å². The fourth-order valence-electron chi connectivity index (χ4n) is 9.80. The summed E-state index contributed by atoms with van der Waals surface area (Å²) in [7, 11) is 3.05. The van der Waals surface area contributed by atoms with E-state index in [9.17, 15) is 29.5 Å². The number of aliphatic hydroxyl groups excluding tert-OH is 1. The van der Waals surface area contributed by atoms with E-state index in [-0.39, 0.29) is 42.0 Å². The smallest absolute Gasteiger partial charge is 0.345 e. The predicted octanol–water partition coefficient (Wildman–Crippen LogP) is 5.69. The van der Waals surface area contributed by atoms with Crippen LogP contribution in [0.2, 0.25) is 0 Å². The molecule has 1 amide bonds. The largest absolute Gasteiger partial charge is 0.497 e. The van der Waals surface area contributed by atoms with Crippen LogP contribution in [0.1, 0.15) is 80.1 Å². The number of benzene rings is 2. The number of hydrogen-bond donors (Lipinski definition) is 2. The van der Waals surface area contributed by atoms with Crippen LogP contribution >= 0.6 is 0 Å². The predicted molar refractivity (Wildman–Crippen MR) is 207 cm³/mol. The van der Waals surface area contributed by atoms with Crippen LogP contribution < -0.4 is 25.2 Å². The molecule has 7 rings (SSSR count). The van der Waals surface area contributed by atoms with Crippen LogP contribution in [0, 0.1) is 34.0 Å². The maximum atomic E-state index is 14.9. The van der Waals surface area contributed by atoms with Crippen LogP contribution in [-0.4, -0.2) is 60.0 Å². The van der Waals surface area contributed by atoms with E-state index in [2.05, 4.69) is 10.3 Å². The first kappa shape index (κ1) is 40.0. The molecule has 14 heteroatoms. The van der Waals surface area contributed by atoms with Gasteiger partial charge in [-0.3, -0.25) is 14.6 Å². The van der Waals surface area contributed by atoms with E-state index in [1.807, 2.05) is 13.0 Å². The molecule has 0 unspecified atom stereocenters. The lowest BCUT2D eigenvalue weighted by atomic mass is 9.42. The number of aliphatic hydroxyl groups is 1. The van der Waals surface area contributed by atoms with Gasteiger partial charge in [-0.05, 0) is 93.0 Å². The Kier molecular flexibility index (Phi) is 10.5. The zero-order chi connectivity index (χ0) is 41.6. The molecule has 302 valence electrons. The van der Waals surface area contributed by atoms with E-state index >= 15 is 0 Å². The lowest BCUT2D eigenvalue weighted by Crippen LogP contribution is -2.72. The second-order valence-corrected chi connectivity index (χ2v) is 15.8. The lowest BCUT2D eigenvalue weighted by molar-refractivity contribution is -0.258. The zero-order valence-electron chi connectivity index (χ0n) is 33.1. The number of esters is 2. The van der Waals surface area contributed by atoms with Crippen molar-refractivity contribution in [2.45, 2.75) is 77.4 Å². The second-order valence-electron chi connectivity index (χ2n) is 15.8. The summed E-state index contributed by atoms with van der Waals surface area (Å²) in [5.41, 5.74) is -3.15. The number of hydrogen-bond acceptors (Lipinski definition) is 13. The van der Waals surface area contributed by atoms with Gasteiger partial charge in [0.25, 0.3) is 0 Å². The molecule has 3 heterocycles. The Morgan fingerprint density at radius 1 is 1.02 bits per heavy atom. The van der Waals surface area contributed by atoms with Gasteiger partial charge in [-0.2, -0.15) is 5.26 Å². The Morgan fingerprint density at radius 2 is 1.78 bits per heavy atom. The number of rotatable bonds is 9. The molecule has 14 nitrogen and oxygen atoms in total. The number of ether oxygens (including phenoxy) is 5. The molecule has 2 fully saturated rings. The van der Waals surface area contributed by atoms with Crippen LogP contribution in [0.3, 0.4) is 0 Å². The summed E-state index contributed by atoms with van der Waals surface area (Å²) < 4.78 is 35.8. The van der Waals surface area contributed by atoms with E-state index in [1.54, 1.807) is 50.4 Å². The van der Waals surface area contributed by atoms with Gasteiger partial charge in [0.05, 0.1) is 42.9 Å². The van der Waals surface area contributed by atoms with Gasteiger partial charge in [0.15, 0.2) is 0 Å². The monoisotopic (exact) mass is 791 g/mol. The van der Waals surface area contributed by atoms with Gasteiger partial charge in [0.2, 0.25) is 5.91 Å². The molecular formula is C44H45N3O11. The molecule has 3 aliphatic rings. The van der Waals surface area contributed by atoms with Gasteiger partial charge in [-0.25, -0.2) is 9.59 Å². The lowest BCUT2D eigenvalue weighted by Gasteiger charge is -2.66. The standard InChI is InChI=1S/C44H45N3O11/c1-24(48)55-34-15-16-42(2)33(43(34,3)41(52)47-23-28-13-14-29(53-5)18-30(28)54-6)20-35(57-39(50)26-11-9-25(21-45)10-12-26)44(4)38(42)37(49)36-32(58-44)19-31(56-40(36)51)27-8-7-17-46-22-27/h7-14,17-19,22,33-35,37-38,49H,15-16,20,23H2,1-6H3,(H,47,52)/t33-,34+,35+,37+,38-,42+,43-,44-/m1/s1. The molecule has 0 spiro atoms. The van der Waals surface area contributed by atoms with Crippen molar-refractivity contribution in [3.05, 3.63) is 106 Å². The second kappa shape index (κ2) is 15.3. The SMILES string of the molecule is COc1ccc(CNC(=O)[C@@]2(C)[C@@H](OC(C)=O)CC[C@]3(C)[C@H]4[C@@H](O)c5c(cc(-c6cccnc6)oc5=O)O[C@]4(C)[C@@H](OC(=O)c4ccc(C#N)cc4)C[C@H]32)c(OC)c1. The minimum Gasteiger partial charge on any atom is -0.497 e. The van der Waals surface area contributed by atoms with Crippen LogP contribution in [0.15, 0.2) is 82.3 Å². The first-order valence-corrected chi connectivity index (χ1v) is 19.0. The van der Waals surface area contributed by atoms with Gasteiger partial charge >= 0.3 is 17.6 Å². The number of aromatic nitrogens is 1. The molecule has 8 atom stereocenters. The molecular weight excluding hydrogens is 746 g/mol. The van der Waals surface area contributed by atoms with Crippen LogP contribution in [0.25, 0.3) is 11.3 Å². The van der Waals surface area contributed by atoms with Crippen molar-refractivity contribution in [3.8, 4) is 34.6 Å². The molecule has 2 saturated carbocycles. The summed E-state index contributed by atoms with van der Waals surface area (Å²) in [6.07, 6.45) is 0.186. The zero-order valence-corrected chi connectivity index (χ0v) is 33.1. The number of methoxy groups -OCH3 is 2. The first-order chi connectivity index (χ1) is 27.7. The van der Waals surface area contributed by atoms with Crippen molar-refractivity contribution in [2.75, 3.05) is 14.2 Å². The maximum absolute atomic E-state index is 14.9. The summed E-state index contributed by atoms with van der Waals surface area (Å²) in [5.74, 6) is -2.15. The van der Waals surface area contributed by atoms with Crippen molar-refractivity contribution < 1.29 is 47.6 Å². The minimum absolute atomic E-state index is 0.0397. The normalized spacial score (nSPS) is 28.2. The third-order valence-electron chi connectivity index (χ3n) is 12.6. The Hall–Kier alpha value is -6.20. The molecule has 2 aliphatic carbocycles. The summed E-state index contributed by atoms with van der Waals surface area (Å²) in [4.78, 5) is 59.5. The van der Waals surface area contributed by atoms with Crippen LogP contribution in [0.5, 0.6) is 17.2 Å². The van der Waals surface area contributed by atoms with Gasteiger partial charge < -0.3 is 38.5 Å². The number of fused-ring (bicyclic) bond motifs is 4. The van der Waals surface area contributed by atoms with Crippen molar-refractivity contribution >= 4 is 17.8 Å². The number of pyridine rings is 1.